The Morgan fingerprint density at radius 1 is 1.22 bits per heavy atom. The molecule has 0 bridgehead atoms. The van der Waals surface area contributed by atoms with Gasteiger partial charge in [0.25, 0.3) is 0 Å². The van der Waals surface area contributed by atoms with Crippen LogP contribution in [0.5, 0.6) is 0 Å². The molecule has 1 fully saturated rings. The van der Waals surface area contributed by atoms with Crippen LogP contribution in [0.4, 0.5) is 10.1 Å². The van der Waals surface area contributed by atoms with Crippen molar-refractivity contribution in [2.24, 2.45) is 17.8 Å². The lowest BCUT2D eigenvalue weighted by molar-refractivity contribution is 0.380. The van der Waals surface area contributed by atoms with Crippen molar-refractivity contribution in [3.63, 3.8) is 0 Å². The smallest absolute Gasteiger partial charge is 0.191 e. The van der Waals surface area contributed by atoms with E-state index in [4.69, 9.17) is 5.73 Å². The van der Waals surface area contributed by atoms with Gasteiger partial charge >= 0.3 is 0 Å². The Morgan fingerprint density at radius 3 is 2.52 bits per heavy atom. The molecule has 3 rings (SSSR count). The quantitative estimate of drug-likeness (QED) is 0.662. The highest BCUT2D eigenvalue weighted by molar-refractivity contribution is 5.78. The van der Waals surface area contributed by atoms with E-state index in [2.05, 4.69) is 20.0 Å². The number of nitrogens with zero attached hydrogens (tertiary/aromatic N) is 6. The number of aliphatic imine (C=N–C) groups is 1. The Hall–Kier alpha value is -2.64. The Bertz CT molecular complexity index is 671. The van der Waals surface area contributed by atoms with Gasteiger partial charge in [-0.05, 0) is 24.3 Å². The molecule has 7 nitrogen and oxygen atoms in total. The molecule has 1 aromatic carbocycles. The molecule has 122 valence electrons. The summed E-state index contributed by atoms with van der Waals surface area (Å²) in [6.07, 6.45) is 1.64. The Labute approximate surface area is 134 Å². The monoisotopic (exact) mass is 317 g/mol. The van der Waals surface area contributed by atoms with Crippen molar-refractivity contribution in [2.75, 3.05) is 31.1 Å². The number of piperazine rings is 1. The number of anilines is 1. The molecule has 2 heterocycles. The van der Waals surface area contributed by atoms with Gasteiger partial charge in [-0.1, -0.05) is 0 Å². The third-order valence-electron chi connectivity index (χ3n) is 3.82. The molecule has 1 aromatic heterocycles. The van der Waals surface area contributed by atoms with Crippen molar-refractivity contribution >= 4 is 11.6 Å². The second-order valence-electron chi connectivity index (χ2n) is 5.46. The van der Waals surface area contributed by atoms with Crippen molar-refractivity contribution in [2.45, 2.75) is 6.54 Å². The summed E-state index contributed by atoms with van der Waals surface area (Å²) in [7, 11) is 1.82. The van der Waals surface area contributed by atoms with Gasteiger partial charge in [-0.25, -0.2) is 14.4 Å². The molecular weight excluding hydrogens is 297 g/mol. The number of nitrogens with two attached hydrogens (primary N) is 1. The van der Waals surface area contributed by atoms with Gasteiger partial charge in [-0.2, -0.15) is 5.10 Å². The number of hydrogen-bond donors (Lipinski definition) is 1. The van der Waals surface area contributed by atoms with Crippen LogP contribution in [0.3, 0.4) is 0 Å². The van der Waals surface area contributed by atoms with Crippen molar-refractivity contribution in [3.05, 3.63) is 42.2 Å². The first-order valence-corrected chi connectivity index (χ1v) is 7.52. The van der Waals surface area contributed by atoms with Crippen molar-refractivity contribution in [1.82, 2.24) is 19.7 Å². The largest absolute Gasteiger partial charge is 0.370 e. The average Bonchev–Trinajstić information content (AvgIpc) is 2.99. The molecule has 2 aromatic rings. The first-order valence-electron chi connectivity index (χ1n) is 7.52. The molecule has 2 N–H and O–H groups in total. The SMILES string of the molecule is Cn1cnc(CN=C(N)N2CCN(c3ccc(F)cc3)CC2)n1. The Balaban J connectivity index is 1.54. The maximum absolute atomic E-state index is 13.0. The fourth-order valence-electron chi connectivity index (χ4n) is 2.55. The number of benzene rings is 1. The van der Waals surface area contributed by atoms with E-state index in [0.29, 0.717) is 18.3 Å². The van der Waals surface area contributed by atoms with Crippen LogP contribution in [-0.4, -0.2) is 51.8 Å². The summed E-state index contributed by atoms with van der Waals surface area (Å²) in [6, 6.07) is 6.57. The van der Waals surface area contributed by atoms with Crippen LogP contribution in [-0.2, 0) is 13.6 Å². The van der Waals surface area contributed by atoms with Crippen molar-refractivity contribution < 1.29 is 4.39 Å². The minimum atomic E-state index is -0.216. The zero-order valence-corrected chi connectivity index (χ0v) is 13.1. The highest BCUT2D eigenvalue weighted by Gasteiger charge is 2.18. The number of guanidine groups is 1. The molecular formula is C15H20FN7. The van der Waals surface area contributed by atoms with Gasteiger partial charge in [-0.3, -0.25) is 4.68 Å². The van der Waals surface area contributed by atoms with E-state index in [9.17, 15) is 4.39 Å². The van der Waals surface area contributed by atoms with Crippen LogP contribution in [0.25, 0.3) is 0 Å². The zero-order chi connectivity index (χ0) is 16.2. The Kier molecular flexibility index (Phi) is 4.40. The molecule has 0 amide bonds. The fraction of sp³-hybridized carbons (Fsp3) is 0.400. The topological polar surface area (TPSA) is 75.6 Å². The number of aromatic nitrogens is 3. The molecule has 0 spiro atoms. The van der Waals surface area contributed by atoms with Gasteiger partial charge in [0.2, 0.25) is 0 Å². The van der Waals surface area contributed by atoms with Crippen LogP contribution in [0.2, 0.25) is 0 Å². The normalized spacial score (nSPS) is 16.0. The summed E-state index contributed by atoms with van der Waals surface area (Å²) in [6.45, 7) is 3.59. The molecule has 0 saturated carbocycles. The average molecular weight is 317 g/mol. The number of halogens is 1. The van der Waals surface area contributed by atoms with E-state index in [1.54, 1.807) is 23.1 Å². The predicted octanol–water partition coefficient (Wildman–Crippen LogP) is 0.591. The molecule has 0 aliphatic carbocycles. The van der Waals surface area contributed by atoms with Crippen LogP contribution >= 0.6 is 0 Å². The van der Waals surface area contributed by atoms with Gasteiger partial charge in [0.1, 0.15) is 18.7 Å². The van der Waals surface area contributed by atoms with Gasteiger partial charge in [0.05, 0.1) is 0 Å². The summed E-state index contributed by atoms with van der Waals surface area (Å²) in [5.41, 5.74) is 7.08. The number of rotatable bonds is 3. The molecule has 0 unspecified atom stereocenters. The second kappa shape index (κ2) is 6.64. The van der Waals surface area contributed by atoms with Crippen LogP contribution in [0.15, 0.2) is 35.6 Å². The Morgan fingerprint density at radius 2 is 1.91 bits per heavy atom. The van der Waals surface area contributed by atoms with E-state index >= 15 is 0 Å². The molecule has 8 heteroatoms. The molecule has 1 saturated heterocycles. The standard InChI is InChI=1S/C15H20FN7/c1-21-11-19-14(20-21)10-18-15(17)23-8-6-22(7-9-23)13-4-2-12(16)3-5-13/h2-5,11H,6-10H2,1H3,(H2,17,18). The first kappa shape index (κ1) is 15.3. The maximum atomic E-state index is 13.0. The van der Waals surface area contributed by atoms with Crippen LogP contribution in [0, 0.1) is 5.82 Å². The van der Waals surface area contributed by atoms with Gasteiger partial charge < -0.3 is 15.5 Å². The summed E-state index contributed by atoms with van der Waals surface area (Å²) in [5.74, 6) is 0.948. The van der Waals surface area contributed by atoms with Crippen LogP contribution in [0.1, 0.15) is 5.82 Å². The van der Waals surface area contributed by atoms with E-state index in [-0.39, 0.29) is 5.82 Å². The minimum absolute atomic E-state index is 0.216. The van der Waals surface area contributed by atoms with Gasteiger partial charge in [-0.15, -0.1) is 0 Å². The number of aryl methyl sites for hydroxylation is 1. The third kappa shape index (κ3) is 3.77. The predicted molar refractivity (Wildman–Crippen MR) is 86.5 cm³/mol. The summed E-state index contributed by atoms with van der Waals surface area (Å²) >= 11 is 0. The summed E-state index contributed by atoms with van der Waals surface area (Å²) in [5, 5.41) is 4.17. The highest BCUT2D eigenvalue weighted by atomic mass is 19.1. The zero-order valence-electron chi connectivity index (χ0n) is 13.1. The van der Waals surface area contributed by atoms with Gasteiger partial charge in [0, 0.05) is 38.9 Å². The van der Waals surface area contributed by atoms with E-state index < -0.39 is 0 Å². The summed E-state index contributed by atoms with van der Waals surface area (Å²) < 4.78 is 14.6. The molecule has 1 aliphatic rings. The highest BCUT2D eigenvalue weighted by Crippen LogP contribution is 2.16. The number of hydrogen-bond acceptors (Lipinski definition) is 4. The van der Waals surface area contributed by atoms with Crippen molar-refractivity contribution in [3.8, 4) is 0 Å². The molecule has 0 radical (unpaired) electrons. The van der Waals surface area contributed by atoms with E-state index in [1.165, 1.54) is 12.1 Å². The lowest BCUT2D eigenvalue weighted by Gasteiger charge is -2.36. The minimum Gasteiger partial charge on any atom is -0.370 e. The van der Waals surface area contributed by atoms with E-state index in [0.717, 1.165) is 31.9 Å². The molecule has 0 atom stereocenters. The molecule has 1 aliphatic heterocycles. The lowest BCUT2D eigenvalue weighted by atomic mass is 10.2. The third-order valence-corrected chi connectivity index (χ3v) is 3.82. The van der Waals surface area contributed by atoms with Crippen molar-refractivity contribution in [1.29, 1.82) is 0 Å². The first-order chi connectivity index (χ1) is 11.1. The van der Waals surface area contributed by atoms with Crippen LogP contribution < -0.4 is 10.6 Å². The molecule has 23 heavy (non-hydrogen) atoms. The second-order valence-corrected chi connectivity index (χ2v) is 5.46. The summed E-state index contributed by atoms with van der Waals surface area (Å²) in [4.78, 5) is 12.7. The van der Waals surface area contributed by atoms with E-state index in [1.807, 2.05) is 11.9 Å². The van der Waals surface area contributed by atoms with Gasteiger partial charge in [0.15, 0.2) is 11.8 Å². The fourth-order valence-corrected chi connectivity index (χ4v) is 2.55. The maximum Gasteiger partial charge on any atom is 0.191 e. The lowest BCUT2D eigenvalue weighted by Crippen LogP contribution is -2.51.